The first-order chi connectivity index (χ1) is 12.1. The molecule has 0 fully saturated rings. The number of aromatic nitrogens is 1. The number of nitrogens with zero attached hydrogens (tertiary/aromatic N) is 2. The minimum Gasteiger partial charge on any atom is -0.380 e. The number of benzene rings is 2. The van der Waals surface area contributed by atoms with Gasteiger partial charge in [0.15, 0.2) is 0 Å². The average Bonchev–Trinajstić information content (AvgIpc) is 2.67. The minimum absolute atomic E-state index is 0.376. The summed E-state index contributed by atoms with van der Waals surface area (Å²) in [7, 11) is 1.93. The fourth-order valence-electron chi connectivity index (χ4n) is 2.55. The predicted octanol–water partition coefficient (Wildman–Crippen LogP) is 3.56. The SMILES string of the molecule is CN(c1ccccc1)c1cc(NCc2ccccc2)c(C(N)=O)cn1. The van der Waals surface area contributed by atoms with Crippen LogP contribution in [0.15, 0.2) is 72.9 Å². The highest BCUT2D eigenvalue weighted by Gasteiger charge is 2.13. The molecule has 1 aromatic heterocycles. The largest absolute Gasteiger partial charge is 0.380 e. The molecule has 0 saturated heterocycles. The van der Waals surface area contributed by atoms with E-state index in [1.807, 2.05) is 78.7 Å². The van der Waals surface area contributed by atoms with Crippen molar-refractivity contribution >= 4 is 23.1 Å². The van der Waals surface area contributed by atoms with Crippen molar-refractivity contribution in [2.45, 2.75) is 6.54 Å². The third-order valence-corrected chi connectivity index (χ3v) is 3.97. The number of carbonyl (C=O) groups excluding carboxylic acids is 1. The monoisotopic (exact) mass is 332 g/mol. The maximum atomic E-state index is 11.7. The fourth-order valence-corrected chi connectivity index (χ4v) is 2.55. The van der Waals surface area contributed by atoms with Gasteiger partial charge in [-0.1, -0.05) is 48.5 Å². The Balaban J connectivity index is 1.88. The summed E-state index contributed by atoms with van der Waals surface area (Å²) in [5.74, 6) is 0.226. The molecule has 0 saturated carbocycles. The van der Waals surface area contributed by atoms with Crippen LogP contribution in [-0.2, 0) is 6.54 Å². The molecule has 2 aromatic carbocycles. The molecule has 0 spiro atoms. The van der Waals surface area contributed by atoms with Crippen molar-refractivity contribution < 1.29 is 4.79 Å². The van der Waals surface area contributed by atoms with E-state index in [4.69, 9.17) is 5.73 Å². The maximum Gasteiger partial charge on any atom is 0.252 e. The lowest BCUT2D eigenvalue weighted by atomic mass is 10.2. The first-order valence-corrected chi connectivity index (χ1v) is 8.01. The van der Waals surface area contributed by atoms with Crippen LogP contribution in [0.25, 0.3) is 0 Å². The molecular weight excluding hydrogens is 312 g/mol. The molecule has 0 aliphatic carbocycles. The Morgan fingerprint density at radius 3 is 2.36 bits per heavy atom. The Morgan fingerprint density at radius 1 is 1.08 bits per heavy atom. The summed E-state index contributed by atoms with van der Waals surface area (Å²) in [6, 6.07) is 21.7. The van der Waals surface area contributed by atoms with Gasteiger partial charge >= 0.3 is 0 Å². The molecule has 3 aromatic rings. The number of nitrogens with one attached hydrogen (secondary N) is 1. The zero-order chi connectivity index (χ0) is 17.6. The standard InChI is InChI=1S/C20H20N4O/c1-24(16-10-6-3-7-11-16)19-12-18(17(14-23-19)20(21)25)22-13-15-8-4-2-5-9-15/h2-12,14H,13H2,1H3,(H2,21,25)(H,22,23). The van der Waals surface area contributed by atoms with Gasteiger partial charge in [-0.05, 0) is 17.7 Å². The third-order valence-electron chi connectivity index (χ3n) is 3.97. The second-order valence-corrected chi connectivity index (χ2v) is 5.69. The molecule has 1 heterocycles. The topological polar surface area (TPSA) is 71.2 Å². The van der Waals surface area contributed by atoms with Crippen molar-refractivity contribution in [2.24, 2.45) is 5.73 Å². The molecule has 0 aliphatic heterocycles. The predicted molar refractivity (Wildman–Crippen MR) is 101 cm³/mol. The molecule has 3 N–H and O–H groups in total. The second kappa shape index (κ2) is 7.49. The van der Waals surface area contributed by atoms with Gasteiger partial charge in [-0.15, -0.1) is 0 Å². The van der Waals surface area contributed by atoms with Crippen LogP contribution in [0.2, 0.25) is 0 Å². The van der Waals surface area contributed by atoms with Gasteiger partial charge in [0.05, 0.1) is 11.3 Å². The van der Waals surface area contributed by atoms with E-state index in [2.05, 4.69) is 10.3 Å². The minimum atomic E-state index is -0.503. The summed E-state index contributed by atoms with van der Waals surface area (Å²) in [6.07, 6.45) is 1.52. The normalized spacial score (nSPS) is 10.3. The Bertz CT molecular complexity index is 850. The van der Waals surface area contributed by atoms with Crippen molar-refractivity contribution in [2.75, 3.05) is 17.3 Å². The average molecular weight is 332 g/mol. The Morgan fingerprint density at radius 2 is 1.72 bits per heavy atom. The molecule has 5 nitrogen and oxygen atoms in total. The zero-order valence-corrected chi connectivity index (χ0v) is 14.0. The number of pyridine rings is 1. The van der Waals surface area contributed by atoms with Gasteiger partial charge in [0.2, 0.25) is 0 Å². The summed E-state index contributed by atoms with van der Waals surface area (Å²) >= 11 is 0. The Hall–Kier alpha value is -3.34. The maximum absolute atomic E-state index is 11.7. The van der Waals surface area contributed by atoms with Crippen molar-refractivity contribution in [1.82, 2.24) is 4.98 Å². The van der Waals surface area contributed by atoms with Crippen LogP contribution < -0.4 is 16.0 Å². The lowest BCUT2D eigenvalue weighted by molar-refractivity contribution is 0.100. The molecule has 126 valence electrons. The van der Waals surface area contributed by atoms with Crippen LogP contribution in [0.3, 0.4) is 0 Å². The number of rotatable bonds is 6. The summed E-state index contributed by atoms with van der Waals surface area (Å²) in [5, 5.41) is 3.29. The summed E-state index contributed by atoms with van der Waals surface area (Å²) < 4.78 is 0. The number of para-hydroxylation sites is 1. The first-order valence-electron chi connectivity index (χ1n) is 8.01. The van der Waals surface area contributed by atoms with Crippen molar-refractivity contribution in [3.8, 4) is 0 Å². The molecular formula is C20H20N4O. The quantitative estimate of drug-likeness (QED) is 0.724. The van der Waals surface area contributed by atoms with Crippen molar-refractivity contribution in [3.05, 3.63) is 84.1 Å². The van der Waals surface area contributed by atoms with Gasteiger partial charge in [0, 0.05) is 31.5 Å². The number of primary amides is 1. The van der Waals surface area contributed by atoms with Crippen LogP contribution >= 0.6 is 0 Å². The molecule has 25 heavy (non-hydrogen) atoms. The molecule has 0 bridgehead atoms. The van der Waals surface area contributed by atoms with E-state index in [-0.39, 0.29) is 0 Å². The van der Waals surface area contributed by atoms with Gasteiger partial charge in [0.25, 0.3) is 5.91 Å². The summed E-state index contributed by atoms with van der Waals surface area (Å²) in [4.78, 5) is 18.0. The Labute approximate surface area is 147 Å². The van der Waals surface area contributed by atoms with Crippen molar-refractivity contribution in [3.63, 3.8) is 0 Å². The number of nitrogens with two attached hydrogens (primary N) is 1. The highest BCUT2D eigenvalue weighted by atomic mass is 16.1. The van der Waals surface area contributed by atoms with E-state index in [0.29, 0.717) is 17.8 Å². The molecule has 0 aliphatic rings. The van der Waals surface area contributed by atoms with Gasteiger partial charge in [0.1, 0.15) is 5.82 Å². The van der Waals surface area contributed by atoms with Gasteiger partial charge in [-0.25, -0.2) is 4.98 Å². The van der Waals surface area contributed by atoms with E-state index in [1.54, 1.807) is 0 Å². The van der Waals surface area contributed by atoms with Gasteiger partial charge in [-0.3, -0.25) is 4.79 Å². The number of amides is 1. The molecule has 0 radical (unpaired) electrons. The molecule has 1 amide bonds. The van der Waals surface area contributed by atoms with E-state index in [9.17, 15) is 4.79 Å². The van der Waals surface area contributed by atoms with E-state index in [1.165, 1.54) is 6.20 Å². The van der Waals surface area contributed by atoms with Crippen molar-refractivity contribution in [1.29, 1.82) is 0 Å². The van der Waals surface area contributed by atoms with Crippen LogP contribution in [-0.4, -0.2) is 17.9 Å². The summed E-state index contributed by atoms with van der Waals surface area (Å²) in [5.41, 5.74) is 8.66. The van der Waals surface area contributed by atoms with Gasteiger partial charge in [-0.2, -0.15) is 0 Å². The van der Waals surface area contributed by atoms with E-state index in [0.717, 1.165) is 17.1 Å². The van der Waals surface area contributed by atoms with Gasteiger partial charge < -0.3 is 16.0 Å². The Kier molecular flexibility index (Phi) is 4.95. The first kappa shape index (κ1) is 16.5. The van der Waals surface area contributed by atoms with Crippen LogP contribution in [0.4, 0.5) is 17.2 Å². The van der Waals surface area contributed by atoms with Crippen LogP contribution in [0.5, 0.6) is 0 Å². The number of anilines is 3. The molecule has 3 rings (SSSR count). The smallest absolute Gasteiger partial charge is 0.252 e. The molecule has 0 atom stereocenters. The fraction of sp³-hybridized carbons (Fsp3) is 0.100. The molecule has 5 heteroatoms. The number of hydrogen-bond acceptors (Lipinski definition) is 4. The number of hydrogen-bond donors (Lipinski definition) is 2. The van der Waals surface area contributed by atoms with E-state index < -0.39 is 5.91 Å². The highest BCUT2D eigenvalue weighted by Crippen LogP contribution is 2.26. The lowest BCUT2D eigenvalue weighted by Gasteiger charge is -2.20. The summed E-state index contributed by atoms with van der Waals surface area (Å²) in [6.45, 7) is 0.597. The highest BCUT2D eigenvalue weighted by molar-refractivity contribution is 5.98. The molecule has 0 unspecified atom stereocenters. The third kappa shape index (κ3) is 3.95. The van der Waals surface area contributed by atoms with E-state index >= 15 is 0 Å². The lowest BCUT2D eigenvalue weighted by Crippen LogP contribution is -2.17. The van der Waals surface area contributed by atoms with Crippen LogP contribution in [0.1, 0.15) is 15.9 Å². The second-order valence-electron chi connectivity index (χ2n) is 5.69. The number of carbonyl (C=O) groups is 1. The van der Waals surface area contributed by atoms with Crippen LogP contribution in [0, 0.1) is 0 Å². The zero-order valence-electron chi connectivity index (χ0n) is 14.0.